The summed E-state index contributed by atoms with van der Waals surface area (Å²) in [6, 6.07) is 7.24. The first kappa shape index (κ1) is 14.9. The summed E-state index contributed by atoms with van der Waals surface area (Å²) < 4.78 is 30.4. The number of anilines is 1. The molecule has 2 N–H and O–H groups in total. The molecule has 0 aromatic heterocycles. The van der Waals surface area contributed by atoms with Crippen LogP contribution in [0, 0.1) is 0 Å². The van der Waals surface area contributed by atoms with E-state index >= 15 is 0 Å². The van der Waals surface area contributed by atoms with Crippen molar-refractivity contribution in [2.24, 2.45) is 5.73 Å². The molecule has 0 aliphatic heterocycles. The van der Waals surface area contributed by atoms with Crippen LogP contribution in [0.1, 0.15) is 12.0 Å². The SMILES string of the molecule is COCCCS(=O)(=O)N(C)c1ccccc1CN. The molecule has 0 saturated carbocycles. The first-order chi connectivity index (χ1) is 8.53. The Kier molecular flexibility index (Phi) is 5.58. The van der Waals surface area contributed by atoms with Gasteiger partial charge < -0.3 is 10.5 Å². The number of ether oxygens (including phenoxy) is 1. The van der Waals surface area contributed by atoms with Gasteiger partial charge >= 0.3 is 0 Å². The molecule has 5 nitrogen and oxygen atoms in total. The van der Waals surface area contributed by atoms with Gasteiger partial charge in [0.05, 0.1) is 11.4 Å². The predicted molar refractivity (Wildman–Crippen MR) is 73.0 cm³/mol. The van der Waals surface area contributed by atoms with Crippen LogP contribution in [-0.2, 0) is 21.3 Å². The highest BCUT2D eigenvalue weighted by Crippen LogP contribution is 2.21. The Bertz CT molecular complexity index is 474. The van der Waals surface area contributed by atoms with E-state index in [1.54, 1.807) is 26.3 Å². The Balaban J connectivity index is 2.88. The van der Waals surface area contributed by atoms with Crippen LogP contribution in [0.15, 0.2) is 24.3 Å². The normalized spacial score (nSPS) is 11.5. The highest BCUT2D eigenvalue weighted by Gasteiger charge is 2.19. The van der Waals surface area contributed by atoms with Gasteiger partial charge in [0.1, 0.15) is 0 Å². The number of benzene rings is 1. The van der Waals surface area contributed by atoms with E-state index in [2.05, 4.69) is 0 Å². The molecular weight excluding hydrogens is 252 g/mol. The zero-order chi connectivity index (χ0) is 13.6. The molecule has 0 bridgehead atoms. The summed E-state index contributed by atoms with van der Waals surface area (Å²) in [7, 11) is -0.213. The lowest BCUT2D eigenvalue weighted by atomic mass is 10.2. The molecule has 0 amide bonds. The standard InChI is InChI=1S/C12H20N2O3S/c1-14(18(15,16)9-5-8-17-2)12-7-4-3-6-11(12)10-13/h3-4,6-7H,5,8-10,13H2,1-2H3. The minimum Gasteiger partial charge on any atom is -0.385 e. The lowest BCUT2D eigenvalue weighted by Crippen LogP contribution is -2.30. The van der Waals surface area contributed by atoms with Crippen molar-refractivity contribution in [3.8, 4) is 0 Å². The van der Waals surface area contributed by atoms with Gasteiger partial charge in [-0.25, -0.2) is 8.42 Å². The van der Waals surface area contributed by atoms with Gasteiger partial charge in [0.15, 0.2) is 0 Å². The van der Waals surface area contributed by atoms with E-state index < -0.39 is 10.0 Å². The van der Waals surface area contributed by atoms with E-state index in [1.165, 1.54) is 4.31 Å². The maximum absolute atomic E-state index is 12.1. The molecule has 0 unspecified atom stereocenters. The van der Waals surface area contributed by atoms with Crippen molar-refractivity contribution in [2.45, 2.75) is 13.0 Å². The topological polar surface area (TPSA) is 72.6 Å². The maximum atomic E-state index is 12.1. The monoisotopic (exact) mass is 272 g/mol. The third kappa shape index (κ3) is 3.69. The van der Waals surface area contributed by atoms with E-state index in [-0.39, 0.29) is 5.75 Å². The number of methoxy groups -OCH3 is 1. The summed E-state index contributed by atoms with van der Waals surface area (Å²) in [6.07, 6.45) is 0.480. The molecule has 0 radical (unpaired) electrons. The first-order valence-electron chi connectivity index (χ1n) is 5.76. The Morgan fingerprint density at radius 2 is 2.00 bits per heavy atom. The predicted octanol–water partition coefficient (Wildman–Crippen LogP) is 0.948. The van der Waals surface area contributed by atoms with Crippen molar-refractivity contribution in [1.29, 1.82) is 0 Å². The maximum Gasteiger partial charge on any atom is 0.234 e. The molecule has 1 aromatic rings. The largest absolute Gasteiger partial charge is 0.385 e. The van der Waals surface area contributed by atoms with Crippen LogP contribution in [0.3, 0.4) is 0 Å². The molecular formula is C12H20N2O3S. The van der Waals surface area contributed by atoms with E-state index in [0.29, 0.717) is 25.3 Å². The molecule has 6 heteroatoms. The summed E-state index contributed by atoms with van der Waals surface area (Å²) in [5.74, 6) is 0.0657. The molecule has 18 heavy (non-hydrogen) atoms. The lowest BCUT2D eigenvalue weighted by Gasteiger charge is -2.21. The van der Waals surface area contributed by atoms with E-state index in [0.717, 1.165) is 5.56 Å². The van der Waals surface area contributed by atoms with Crippen LogP contribution >= 0.6 is 0 Å². The molecule has 1 rings (SSSR count). The second-order valence-corrected chi connectivity index (χ2v) is 6.08. The Morgan fingerprint density at radius 1 is 1.33 bits per heavy atom. The molecule has 0 heterocycles. The Morgan fingerprint density at radius 3 is 2.61 bits per heavy atom. The van der Waals surface area contributed by atoms with Gasteiger partial charge in [-0.2, -0.15) is 0 Å². The Hall–Kier alpha value is -1.11. The van der Waals surface area contributed by atoms with Gasteiger partial charge in [0.2, 0.25) is 10.0 Å². The molecule has 0 spiro atoms. The summed E-state index contributed by atoms with van der Waals surface area (Å²) >= 11 is 0. The van der Waals surface area contributed by atoms with Gasteiger partial charge in [0.25, 0.3) is 0 Å². The fourth-order valence-electron chi connectivity index (χ4n) is 1.66. The molecule has 0 saturated heterocycles. The van der Waals surface area contributed by atoms with Crippen molar-refractivity contribution >= 4 is 15.7 Å². The molecule has 102 valence electrons. The average Bonchev–Trinajstić information content (AvgIpc) is 2.38. The smallest absolute Gasteiger partial charge is 0.234 e. The quantitative estimate of drug-likeness (QED) is 0.750. The molecule has 1 aromatic carbocycles. The van der Waals surface area contributed by atoms with Gasteiger partial charge in [-0.05, 0) is 18.1 Å². The molecule has 0 aliphatic carbocycles. The number of para-hydroxylation sites is 1. The fraction of sp³-hybridized carbons (Fsp3) is 0.500. The summed E-state index contributed by atoms with van der Waals surface area (Å²) in [5, 5.41) is 0. The second kappa shape index (κ2) is 6.72. The van der Waals surface area contributed by atoms with E-state index in [1.807, 2.05) is 12.1 Å². The van der Waals surface area contributed by atoms with Crippen LogP contribution in [0.2, 0.25) is 0 Å². The summed E-state index contributed by atoms with van der Waals surface area (Å²) in [6.45, 7) is 0.750. The van der Waals surface area contributed by atoms with Gasteiger partial charge in [-0.1, -0.05) is 18.2 Å². The van der Waals surface area contributed by atoms with Crippen LogP contribution < -0.4 is 10.0 Å². The summed E-state index contributed by atoms with van der Waals surface area (Å²) in [4.78, 5) is 0. The summed E-state index contributed by atoms with van der Waals surface area (Å²) in [5.41, 5.74) is 7.06. The van der Waals surface area contributed by atoms with Crippen molar-refractivity contribution in [1.82, 2.24) is 0 Å². The fourth-order valence-corrected chi connectivity index (χ4v) is 2.90. The minimum atomic E-state index is -3.32. The van der Waals surface area contributed by atoms with Crippen molar-refractivity contribution in [3.63, 3.8) is 0 Å². The van der Waals surface area contributed by atoms with Crippen molar-refractivity contribution in [2.75, 3.05) is 30.8 Å². The van der Waals surface area contributed by atoms with Crippen LogP contribution in [0.4, 0.5) is 5.69 Å². The highest BCUT2D eigenvalue weighted by atomic mass is 32.2. The van der Waals surface area contributed by atoms with Crippen molar-refractivity contribution in [3.05, 3.63) is 29.8 Å². The molecule has 0 atom stereocenters. The van der Waals surface area contributed by atoms with Crippen LogP contribution in [0.5, 0.6) is 0 Å². The molecule has 0 aliphatic rings. The van der Waals surface area contributed by atoms with Gasteiger partial charge in [0, 0.05) is 27.3 Å². The third-order valence-electron chi connectivity index (χ3n) is 2.72. The van der Waals surface area contributed by atoms with Gasteiger partial charge in [-0.3, -0.25) is 4.31 Å². The molecule has 0 fully saturated rings. The highest BCUT2D eigenvalue weighted by molar-refractivity contribution is 7.92. The third-order valence-corrected chi connectivity index (χ3v) is 4.55. The van der Waals surface area contributed by atoms with E-state index in [4.69, 9.17) is 10.5 Å². The number of nitrogens with two attached hydrogens (primary N) is 1. The number of hydrogen-bond acceptors (Lipinski definition) is 4. The second-order valence-electron chi connectivity index (χ2n) is 3.96. The number of rotatable bonds is 7. The van der Waals surface area contributed by atoms with Crippen LogP contribution in [-0.4, -0.2) is 34.9 Å². The lowest BCUT2D eigenvalue weighted by molar-refractivity contribution is 0.199. The van der Waals surface area contributed by atoms with Gasteiger partial charge in [-0.15, -0.1) is 0 Å². The number of sulfonamides is 1. The number of nitrogens with zero attached hydrogens (tertiary/aromatic N) is 1. The Labute approximate surface area is 109 Å². The average molecular weight is 272 g/mol. The first-order valence-corrected chi connectivity index (χ1v) is 7.37. The zero-order valence-electron chi connectivity index (χ0n) is 10.8. The van der Waals surface area contributed by atoms with Crippen molar-refractivity contribution < 1.29 is 13.2 Å². The van der Waals surface area contributed by atoms with Crippen LogP contribution in [0.25, 0.3) is 0 Å². The zero-order valence-corrected chi connectivity index (χ0v) is 11.6. The minimum absolute atomic E-state index is 0.0657. The van der Waals surface area contributed by atoms with E-state index in [9.17, 15) is 8.42 Å². The number of hydrogen-bond donors (Lipinski definition) is 1.